The highest BCUT2D eigenvalue weighted by Gasteiger charge is 2.11. The molecular formula is C29H44N2O4. The van der Waals surface area contributed by atoms with E-state index in [9.17, 15) is 9.59 Å². The Labute approximate surface area is 211 Å². The van der Waals surface area contributed by atoms with Crippen LogP contribution in [0.1, 0.15) is 93.6 Å². The zero-order valence-corrected chi connectivity index (χ0v) is 21.8. The maximum atomic E-state index is 12.2. The number of hydrogen-bond acceptors (Lipinski definition) is 4. The van der Waals surface area contributed by atoms with E-state index in [1.54, 1.807) is 24.3 Å². The highest BCUT2D eigenvalue weighted by Crippen LogP contribution is 2.15. The molecule has 0 saturated heterocycles. The van der Waals surface area contributed by atoms with E-state index in [4.69, 9.17) is 9.84 Å². The van der Waals surface area contributed by atoms with Crippen LogP contribution in [-0.2, 0) is 9.53 Å². The maximum Gasteiger partial charge on any atom is 0.335 e. The summed E-state index contributed by atoms with van der Waals surface area (Å²) in [6, 6.07) is 6.52. The smallest absolute Gasteiger partial charge is 0.335 e. The quantitative estimate of drug-likeness (QED) is 0.303. The molecule has 0 spiro atoms. The van der Waals surface area contributed by atoms with Gasteiger partial charge in [0, 0.05) is 13.0 Å². The summed E-state index contributed by atoms with van der Waals surface area (Å²) in [6.45, 7) is 6.86. The molecular weight excluding hydrogens is 440 g/mol. The summed E-state index contributed by atoms with van der Waals surface area (Å²) in [6.07, 6.45) is 16.3. The van der Waals surface area contributed by atoms with Gasteiger partial charge in [-0.25, -0.2) is 4.79 Å². The first-order valence-corrected chi connectivity index (χ1v) is 13.1. The summed E-state index contributed by atoms with van der Waals surface area (Å²) in [5.41, 5.74) is 2.45. The third-order valence-corrected chi connectivity index (χ3v) is 6.47. The van der Waals surface area contributed by atoms with Crippen LogP contribution in [0.15, 0.2) is 48.1 Å². The molecule has 0 radical (unpaired) electrons. The fourth-order valence-electron chi connectivity index (χ4n) is 4.25. The number of allylic oxidation sites excluding steroid dienone is 3. The van der Waals surface area contributed by atoms with Gasteiger partial charge in [-0.2, -0.15) is 0 Å². The first kappa shape index (κ1) is 28.8. The lowest BCUT2D eigenvalue weighted by molar-refractivity contribution is -0.121. The minimum Gasteiger partial charge on any atom is -0.478 e. The van der Waals surface area contributed by atoms with Crippen molar-refractivity contribution in [1.29, 1.82) is 0 Å². The molecule has 1 unspecified atom stereocenters. The monoisotopic (exact) mass is 484 g/mol. The van der Waals surface area contributed by atoms with Crippen molar-refractivity contribution in [3.8, 4) is 0 Å². The van der Waals surface area contributed by atoms with Crippen LogP contribution >= 0.6 is 0 Å². The number of amides is 1. The Bertz CT molecular complexity index is 832. The fourth-order valence-corrected chi connectivity index (χ4v) is 4.25. The lowest BCUT2D eigenvalue weighted by Crippen LogP contribution is -2.26. The predicted octanol–water partition coefficient (Wildman–Crippen LogP) is 5.91. The van der Waals surface area contributed by atoms with Crippen LogP contribution < -0.4 is 5.32 Å². The van der Waals surface area contributed by atoms with Crippen molar-refractivity contribution in [1.82, 2.24) is 10.2 Å². The van der Waals surface area contributed by atoms with E-state index in [0.29, 0.717) is 6.42 Å². The molecule has 1 aromatic rings. The molecule has 2 rings (SSSR count). The number of carboxylic acids is 1. The molecule has 6 nitrogen and oxygen atoms in total. The number of ether oxygens (including phenoxy) is 1. The van der Waals surface area contributed by atoms with E-state index in [1.165, 1.54) is 24.8 Å². The summed E-state index contributed by atoms with van der Waals surface area (Å²) in [4.78, 5) is 25.5. The second kappa shape index (κ2) is 16.3. The lowest BCUT2D eigenvalue weighted by atomic mass is 10.0. The molecule has 1 amide bonds. The van der Waals surface area contributed by atoms with Crippen molar-refractivity contribution < 1.29 is 19.4 Å². The van der Waals surface area contributed by atoms with Gasteiger partial charge in [-0.05, 0) is 77.2 Å². The Hall–Kier alpha value is -2.44. The Balaban J connectivity index is 1.48. The van der Waals surface area contributed by atoms with Gasteiger partial charge in [-0.15, -0.1) is 0 Å². The molecule has 2 N–H and O–H groups in total. The third kappa shape index (κ3) is 12.2. The zero-order valence-electron chi connectivity index (χ0n) is 21.8. The Morgan fingerprint density at radius 3 is 2.57 bits per heavy atom. The first-order valence-electron chi connectivity index (χ1n) is 13.1. The van der Waals surface area contributed by atoms with Gasteiger partial charge in [-0.3, -0.25) is 4.79 Å². The number of aromatic carboxylic acids is 1. The molecule has 2 atom stereocenters. The molecule has 0 aromatic heterocycles. The van der Waals surface area contributed by atoms with Gasteiger partial charge in [0.15, 0.2) is 0 Å². The van der Waals surface area contributed by atoms with E-state index >= 15 is 0 Å². The van der Waals surface area contributed by atoms with E-state index in [1.807, 2.05) is 6.92 Å². The number of likely N-dealkylation sites (N-methyl/N-ethyl adjacent to an activating group) is 1. The van der Waals surface area contributed by atoms with E-state index < -0.39 is 5.97 Å². The van der Waals surface area contributed by atoms with Crippen molar-refractivity contribution in [3.05, 3.63) is 59.2 Å². The standard InChI is InChI=1S/C29H44N2O4/c1-23-12-8-7-9-13-27(22-23)35-21-20-31(3)19-11-6-4-5-10-14-28(32)30-24(2)25-15-17-26(18-16-25)29(33)34/h8,12,15-18,22,24,27H,4-7,9-11,13-14,19-21H2,1-3H3,(H,30,32)(H,33,34)/b12-8-,23-22-/t24-,27?/m0/s1. The SMILES string of the molecule is CC1=C/C(OCCN(C)CCCCCCCC(=O)N[C@@H](C)c2ccc(C(=O)O)cc2)CCC/C=C\1. The van der Waals surface area contributed by atoms with Gasteiger partial charge >= 0.3 is 5.97 Å². The van der Waals surface area contributed by atoms with Crippen molar-refractivity contribution in [3.63, 3.8) is 0 Å². The topological polar surface area (TPSA) is 78.9 Å². The van der Waals surface area contributed by atoms with Crippen LogP contribution in [0.25, 0.3) is 0 Å². The van der Waals surface area contributed by atoms with Gasteiger partial charge in [0.25, 0.3) is 0 Å². The number of benzene rings is 1. The van der Waals surface area contributed by atoms with Crippen LogP contribution in [0.3, 0.4) is 0 Å². The van der Waals surface area contributed by atoms with E-state index in [0.717, 1.165) is 57.4 Å². The summed E-state index contributed by atoms with van der Waals surface area (Å²) >= 11 is 0. The van der Waals surface area contributed by atoms with E-state index in [-0.39, 0.29) is 23.6 Å². The van der Waals surface area contributed by atoms with Gasteiger partial charge in [0.2, 0.25) is 5.91 Å². The molecule has 0 saturated carbocycles. The predicted molar refractivity (Wildman–Crippen MR) is 142 cm³/mol. The van der Waals surface area contributed by atoms with Gasteiger partial charge in [0.05, 0.1) is 24.3 Å². The second-order valence-electron chi connectivity index (χ2n) is 9.69. The molecule has 0 fully saturated rings. The molecule has 35 heavy (non-hydrogen) atoms. The van der Waals surface area contributed by atoms with Crippen LogP contribution in [0.5, 0.6) is 0 Å². The maximum absolute atomic E-state index is 12.2. The molecule has 1 aliphatic carbocycles. The number of hydrogen-bond donors (Lipinski definition) is 2. The Morgan fingerprint density at radius 2 is 1.83 bits per heavy atom. The fraction of sp³-hybridized carbons (Fsp3) is 0.586. The first-order chi connectivity index (χ1) is 16.8. The molecule has 1 aromatic carbocycles. The highest BCUT2D eigenvalue weighted by atomic mass is 16.5. The van der Waals surface area contributed by atoms with Crippen molar-refractivity contribution in [2.24, 2.45) is 0 Å². The van der Waals surface area contributed by atoms with Gasteiger partial charge in [-0.1, -0.05) is 55.2 Å². The van der Waals surface area contributed by atoms with Gasteiger partial charge < -0.3 is 20.1 Å². The number of nitrogens with zero attached hydrogens (tertiary/aromatic N) is 1. The second-order valence-corrected chi connectivity index (χ2v) is 9.69. The molecule has 194 valence electrons. The minimum absolute atomic E-state index is 0.0462. The number of carbonyl (C=O) groups excluding carboxylic acids is 1. The van der Waals surface area contributed by atoms with Crippen LogP contribution in [0.2, 0.25) is 0 Å². The average Bonchev–Trinajstić information content (AvgIpc) is 2.81. The number of rotatable bonds is 15. The number of nitrogens with one attached hydrogen (secondary N) is 1. The normalized spacial score (nSPS) is 19.3. The Kier molecular flexibility index (Phi) is 13.4. The number of carboxylic acid groups (broad SMARTS) is 1. The molecule has 6 heteroatoms. The molecule has 0 aliphatic heterocycles. The number of carbonyl (C=O) groups is 2. The zero-order chi connectivity index (χ0) is 25.5. The lowest BCUT2D eigenvalue weighted by Gasteiger charge is -2.20. The van der Waals surface area contributed by atoms with E-state index in [2.05, 4.69) is 42.4 Å². The summed E-state index contributed by atoms with van der Waals surface area (Å²) in [5, 5.41) is 12.0. The third-order valence-electron chi connectivity index (χ3n) is 6.47. The molecule has 0 bridgehead atoms. The average molecular weight is 485 g/mol. The van der Waals surface area contributed by atoms with Crippen molar-refractivity contribution in [2.75, 3.05) is 26.7 Å². The Morgan fingerprint density at radius 1 is 1.11 bits per heavy atom. The highest BCUT2D eigenvalue weighted by molar-refractivity contribution is 5.87. The van der Waals surface area contributed by atoms with Crippen LogP contribution in [-0.4, -0.2) is 54.7 Å². The summed E-state index contributed by atoms with van der Waals surface area (Å²) < 4.78 is 6.10. The summed E-state index contributed by atoms with van der Waals surface area (Å²) in [5.74, 6) is -0.898. The van der Waals surface area contributed by atoms with Crippen LogP contribution in [0, 0.1) is 0 Å². The summed E-state index contributed by atoms with van der Waals surface area (Å²) in [7, 11) is 2.16. The van der Waals surface area contributed by atoms with Crippen molar-refractivity contribution >= 4 is 11.9 Å². The molecule has 0 heterocycles. The van der Waals surface area contributed by atoms with Crippen LogP contribution in [0.4, 0.5) is 0 Å². The number of unbranched alkanes of at least 4 members (excludes halogenated alkanes) is 4. The largest absolute Gasteiger partial charge is 0.478 e. The van der Waals surface area contributed by atoms with Crippen molar-refractivity contribution in [2.45, 2.75) is 83.8 Å². The molecule has 1 aliphatic rings. The van der Waals surface area contributed by atoms with Gasteiger partial charge in [0.1, 0.15) is 0 Å². The minimum atomic E-state index is -0.944.